The van der Waals surface area contributed by atoms with Crippen LogP contribution in [0.2, 0.25) is 0 Å². The van der Waals surface area contributed by atoms with Gasteiger partial charge in [-0.1, -0.05) is 13.8 Å². The first-order valence-corrected chi connectivity index (χ1v) is 5.95. The van der Waals surface area contributed by atoms with E-state index in [1.54, 1.807) is 20.8 Å². The maximum atomic E-state index is 11.6. The number of ether oxygens (including phenoxy) is 3. The van der Waals surface area contributed by atoms with Gasteiger partial charge in [0.25, 0.3) is 0 Å². The highest BCUT2D eigenvalue weighted by atomic mass is 16.6. The molecule has 0 aromatic carbocycles. The van der Waals surface area contributed by atoms with Crippen LogP contribution in [0.25, 0.3) is 0 Å². The fourth-order valence-electron chi connectivity index (χ4n) is 1.27. The van der Waals surface area contributed by atoms with Crippen LogP contribution in [0, 0.1) is 11.3 Å². The van der Waals surface area contributed by atoms with E-state index in [-0.39, 0.29) is 25.1 Å². The van der Waals surface area contributed by atoms with E-state index < -0.39 is 17.5 Å². The van der Waals surface area contributed by atoms with E-state index in [1.165, 1.54) is 0 Å². The van der Waals surface area contributed by atoms with Crippen LogP contribution < -0.4 is 0 Å². The Kier molecular flexibility index (Phi) is 5.10. The molecule has 0 aromatic rings. The molecule has 18 heavy (non-hydrogen) atoms. The predicted octanol–water partition coefficient (Wildman–Crippen LogP) is 0.126. The minimum atomic E-state index is -0.999. The summed E-state index contributed by atoms with van der Waals surface area (Å²) in [7, 11) is 0. The van der Waals surface area contributed by atoms with Crippen LogP contribution in [0.3, 0.4) is 0 Å². The number of carbonyl (C=O) groups is 2. The van der Waals surface area contributed by atoms with E-state index >= 15 is 0 Å². The Morgan fingerprint density at radius 1 is 1.28 bits per heavy atom. The molecule has 1 N–H and O–H groups in total. The molecule has 1 saturated heterocycles. The Labute approximate surface area is 106 Å². The highest BCUT2D eigenvalue weighted by Gasteiger charge is 2.42. The summed E-state index contributed by atoms with van der Waals surface area (Å²) in [5.41, 5.74) is -0.603. The van der Waals surface area contributed by atoms with Gasteiger partial charge in [-0.05, 0) is 6.92 Å². The van der Waals surface area contributed by atoms with E-state index in [0.717, 1.165) is 0 Å². The van der Waals surface area contributed by atoms with Crippen molar-refractivity contribution in [3.63, 3.8) is 0 Å². The molecule has 1 atom stereocenters. The second-order valence-electron chi connectivity index (χ2n) is 5.09. The average molecular weight is 260 g/mol. The lowest BCUT2D eigenvalue weighted by Crippen LogP contribution is -2.48. The van der Waals surface area contributed by atoms with Crippen molar-refractivity contribution in [1.82, 2.24) is 0 Å². The van der Waals surface area contributed by atoms with Crippen LogP contribution in [0.1, 0.15) is 20.8 Å². The topological polar surface area (TPSA) is 82.1 Å². The highest BCUT2D eigenvalue weighted by Crippen LogP contribution is 2.27. The van der Waals surface area contributed by atoms with Crippen LogP contribution in [0.4, 0.5) is 0 Å². The van der Waals surface area contributed by atoms with Crippen molar-refractivity contribution < 1.29 is 28.9 Å². The van der Waals surface area contributed by atoms with Crippen molar-refractivity contribution in [2.75, 3.05) is 26.4 Å². The van der Waals surface area contributed by atoms with Crippen molar-refractivity contribution in [1.29, 1.82) is 0 Å². The summed E-state index contributed by atoms with van der Waals surface area (Å²) in [6, 6.07) is 0. The Balaban J connectivity index is 2.19. The fourth-order valence-corrected chi connectivity index (χ4v) is 1.27. The molecule has 1 heterocycles. The standard InChI is InChI=1S/C12H20O6/c1-8(2)10(14)17-4-9(13)5-18-11(15)12(3)6-16-7-12/h8-9,13H,4-7H2,1-3H3. The molecule has 1 fully saturated rings. The lowest BCUT2D eigenvalue weighted by Gasteiger charge is -2.35. The largest absolute Gasteiger partial charge is 0.463 e. The summed E-state index contributed by atoms with van der Waals surface area (Å²) in [6.45, 7) is 5.47. The van der Waals surface area contributed by atoms with Gasteiger partial charge in [0, 0.05) is 0 Å². The van der Waals surface area contributed by atoms with Gasteiger partial charge in [-0.3, -0.25) is 9.59 Å². The molecule has 104 valence electrons. The third kappa shape index (κ3) is 3.96. The van der Waals surface area contributed by atoms with Crippen molar-refractivity contribution in [3.05, 3.63) is 0 Å². The molecule has 1 unspecified atom stereocenters. The molecule has 1 aliphatic heterocycles. The van der Waals surface area contributed by atoms with Crippen molar-refractivity contribution in [3.8, 4) is 0 Å². The molecule has 1 rings (SSSR count). The molecule has 0 aromatic heterocycles. The Morgan fingerprint density at radius 2 is 1.83 bits per heavy atom. The normalized spacial score (nSPS) is 18.9. The van der Waals surface area contributed by atoms with E-state index in [4.69, 9.17) is 14.2 Å². The van der Waals surface area contributed by atoms with Gasteiger partial charge in [0.1, 0.15) is 24.7 Å². The first kappa shape index (κ1) is 14.9. The summed E-state index contributed by atoms with van der Waals surface area (Å²) in [4.78, 5) is 22.7. The lowest BCUT2D eigenvalue weighted by atomic mass is 9.89. The predicted molar refractivity (Wildman–Crippen MR) is 61.7 cm³/mol. The Hall–Kier alpha value is -1.14. The summed E-state index contributed by atoms with van der Waals surface area (Å²) in [5.74, 6) is -1.03. The molecule has 0 radical (unpaired) electrons. The first-order valence-electron chi connectivity index (χ1n) is 5.95. The van der Waals surface area contributed by atoms with Crippen molar-refractivity contribution >= 4 is 11.9 Å². The number of hydrogen-bond acceptors (Lipinski definition) is 6. The molecule has 1 aliphatic rings. The van der Waals surface area contributed by atoms with E-state index in [0.29, 0.717) is 13.2 Å². The fraction of sp³-hybridized carbons (Fsp3) is 0.833. The Bertz CT molecular complexity index is 308. The first-order chi connectivity index (χ1) is 8.35. The molecule has 0 saturated carbocycles. The van der Waals surface area contributed by atoms with Crippen LogP contribution in [-0.4, -0.2) is 49.6 Å². The number of rotatable bonds is 6. The van der Waals surface area contributed by atoms with Crippen molar-refractivity contribution in [2.24, 2.45) is 11.3 Å². The number of aliphatic hydroxyl groups excluding tert-OH is 1. The van der Waals surface area contributed by atoms with Gasteiger partial charge in [0.15, 0.2) is 0 Å². The quantitative estimate of drug-likeness (QED) is 0.683. The summed E-state index contributed by atoms with van der Waals surface area (Å²) >= 11 is 0. The van der Waals surface area contributed by atoms with Crippen LogP contribution in [0.15, 0.2) is 0 Å². The monoisotopic (exact) mass is 260 g/mol. The summed E-state index contributed by atoms with van der Waals surface area (Å²) < 4.78 is 14.7. The van der Waals surface area contributed by atoms with Gasteiger partial charge in [0.05, 0.1) is 19.1 Å². The molecule has 0 aliphatic carbocycles. The molecule has 0 spiro atoms. The molecule has 6 heteroatoms. The van der Waals surface area contributed by atoms with E-state index in [1.807, 2.05) is 0 Å². The van der Waals surface area contributed by atoms with Crippen LogP contribution in [0.5, 0.6) is 0 Å². The van der Waals surface area contributed by atoms with Gasteiger partial charge in [-0.25, -0.2) is 0 Å². The average Bonchev–Trinajstić information content (AvgIpc) is 2.29. The smallest absolute Gasteiger partial charge is 0.316 e. The maximum absolute atomic E-state index is 11.6. The molecule has 6 nitrogen and oxygen atoms in total. The maximum Gasteiger partial charge on any atom is 0.316 e. The van der Waals surface area contributed by atoms with Gasteiger partial charge < -0.3 is 19.3 Å². The number of carbonyl (C=O) groups excluding carboxylic acids is 2. The molecule has 0 bridgehead atoms. The SMILES string of the molecule is CC(C)C(=O)OCC(O)COC(=O)C1(C)COC1. The molecular formula is C12H20O6. The number of esters is 2. The Morgan fingerprint density at radius 3 is 2.28 bits per heavy atom. The zero-order valence-corrected chi connectivity index (χ0v) is 11.0. The second-order valence-corrected chi connectivity index (χ2v) is 5.09. The van der Waals surface area contributed by atoms with Crippen LogP contribution in [-0.2, 0) is 23.8 Å². The highest BCUT2D eigenvalue weighted by molar-refractivity contribution is 5.77. The van der Waals surface area contributed by atoms with Crippen molar-refractivity contribution in [2.45, 2.75) is 26.9 Å². The van der Waals surface area contributed by atoms with Gasteiger partial charge in [0.2, 0.25) is 0 Å². The lowest BCUT2D eigenvalue weighted by molar-refractivity contribution is -0.185. The minimum Gasteiger partial charge on any atom is -0.463 e. The van der Waals surface area contributed by atoms with Crippen LogP contribution >= 0.6 is 0 Å². The summed E-state index contributed by atoms with van der Waals surface area (Å²) in [6.07, 6.45) is -0.999. The third-order valence-corrected chi connectivity index (χ3v) is 2.63. The second kappa shape index (κ2) is 6.15. The van der Waals surface area contributed by atoms with Gasteiger partial charge in [-0.2, -0.15) is 0 Å². The molecular weight excluding hydrogens is 240 g/mol. The minimum absolute atomic E-state index is 0.169. The zero-order chi connectivity index (χ0) is 13.8. The third-order valence-electron chi connectivity index (χ3n) is 2.63. The van der Waals surface area contributed by atoms with E-state index in [9.17, 15) is 14.7 Å². The van der Waals surface area contributed by atoms with Gasteiger partial charge in [-0.15, -0.1) is 0 Å². The molecule has 0 amide bonds. The zero-order valence-electron chi connectivity index (χ0n) is 11.0. The van der Waals surface area contributed by atoms with E-state index in [2.05, 4.69) is 0 Å². The number of hydrogen-bond donors (Lipinski definition) is 1. The summed E-state index contributed by atoms with van der Waals surface area (Å²) in [5, 5.41) is 9.50. The van der Waals surface area contributed by atoms with Gasteiger partial charge >= 0.3 is 11.9 Å². The number of aliphatic hydroxyl groups is 1.